The third kappa shape index (κ3) is 2.18. The molecule has 0 aromatic heterocycles. The van der Waals surface area contributed by atoms with Gasteiger partial charge in [-0.25, -0.2) is 4.79 Å². The minimum absolute atomic E-state index is 0.366. The molecule has 1 aromatic rings. The topological polar surface area (TPSA) is 63.3 Å². The molecule has 0 radical (unpaired) electrons. The Kier molecular flexibility index (Phi) is 3.04. The van der Waals surface area contributed by atoms with Crippen molar-refractivity contribution in [2.75, 3.05) is 0 Å². The summed E-state index contributed by atoms with van der Waals surface area (Å²) in [6.07, 6.45) is 0. The molecule has 5 heteroatoms. The van der Waals surface area contributed by atoms with E-state index in [1.165, 1.54) is 25.1 Å². The van der Waals surface area contributed by atoms with E-state index in [1.54, 1.807) is 0 Å². The number of halogens is 2. The zero-order chi connectivity index (χ0) is 10.9. The lowest BCUT2D eigenvalue weighted by atomic mass is 9.94. The van der Waals surface area contributed by atoms with Crippen molar-refractivity contribution in [2.45, 2.75) is 12.5 Å². The van der Waals surface area contributed by atoms with Gasteiger partial charge in [0.05, 0.1) is 0 Å². The van der Waals surface area contributed by atoms with Gasteiger partial charge in [0, 0.05) is 10.0 Å². The molecule has 0 spiro atoms. The number of rotatable bonds is 2. The molecule has 14 heavy (non-hydrogen) atoms. The van der Waals surface area contributed by atoms with Gasteiger partial charge in [0.15, 0.2) is 0 Å². The molecule has 1 unspecified atom stereocenters. The van der Waals surface area contributed by atoms with Crippen LogP contribution in [-0.4, -0.2) is 11.1 Å². The summed E-state index contributed by atoms with van der Waals surface area (Å²) in [4.78, 5) is 10.8. The fraction of sp³-hybridized carbons (Fsp3) is 0.222. The Morgan fingerprint density at radius 2 is 1.79 bits per heavy atom. The van der Waals surface area contributed by atoms with Gasteiger partial charge in [0.1, 0.15) is 5.54 Å². The number of hydrogen-bond acceptors (Lipinski definition) is 2. The van der Waals surface area contributed by atoms with E-state index >= 15 is 0 Å². The highest BCUT2D eigenvalue weighted by Crippen LogP contribution is 2.25. The average Bonchev–Trinajstić information content (AvgIpc) is 2.01. The van der Waals surface area contributed by atoms with Crippen LogP contribution < -0.4 is 5.73 Å². The van der Waals surface area contributed by atoms with E-state index < -0.39 is 11.5 Å². The molecule has 1 aromatic carbocycles. The molecular weight excluding hydrogens is 225 g/mol. The van der Waals surface area contributed by atoms with E-state index in [9.17, 15) is 4.79 Å². The summed E-state index contributed by atoms with van der Waals surface area (Å²) in [5.74, 6) is -1.13. The van der Waals surface area contributed by atoms with E-state index in [1.807, 2.05) is 0 Å². The zero-order valence-electron chi connectivity index (χ0n) is 7.42. The van der Waals surface area contributed by atoms with Gasteiger partial charge in [-0.2, -0.15) is 0 Å². The van der Waals surface area contributed by atoms with Crippen molar-refractivity contribution >= 4 is 29.2 Å². The number of carboxylic acids is 1. The van der Waals surface area contributed by atoms with Crippen LogP contribution in [0.1, 0.15) is 12.5 Å². The molecule has 0 aliphatic heterocycles. The Morgan fingerprint density at radius 3 is 2.14 bits per heavy atom. The normalized spacial score (nSPS) is 14.9. The van der Waals surface area contributed by atoms with E-state index in [-0.39, 0.29) is 0 Å². The molecule has 0 aliphatic rings. The molecule has 76 valence electrons. The van der Waals surface area contributed by atoms with Crippen molar-refractivity contribution in [1.29, 1.82) is 0 Å². The van der Waals surface area contributed by atoms with Crippen LogP contribution in [0.2, 0.25) is 10.0 Å². The molecule has 1 atom stereocenters. The molecule has 0 fully saturated rings. The minimum Gasteiger partial charge on any atom is -0.480 e. The Hall–Kier alpha value is -0.770. The van der Waals surface area contributed by atoms with Crippen LogP contribution in [0.4, 0.5) is 0 Å². The second-order valence-corrected chi connectivity index (χ2v) is 4.04. The Bertz CT molecular complexity index is 357. The second-order valence-electron chi connectivity index (χ2n) is 3.17. The fourth-order valence-corrected chi connectivity index (χ4v) is 1.50. The maximum absolute atomic E-state index is 10.8. The molecule has 0 saturated heterocycles. The van der Waals surface area contributed by atoms with Gasteiger partial charge in [-0.05, 0) is 30.7 Å². The quantitative estimate of drug-likeness (QED) is 0.824. The first-order valence-corrected chi connectivity index (χ1v) is 4.58. The lowest BCUT2D eigenvalue weighted by molar-refractivity contribution is -0.143. The summed E-state index contributed by atoms with van der Waals surface area (Å²) < 4.78 is 0. The summed E-state index contributed by atoms with van der Waals surface area (Å²) in [6.45, 7) is 1.39. The first-order chi connectivity index (χ1) is 6.34. The third-order valence-corrected chi connectivity index (χ3v) is 2.34. The number of benzene rings is 1. The van der Waals surface area contributed by atoms with Crippen LogP contribution in [0, 0.1) is 0 Å². The van der Waals surface area contributed by atoms with Gasteiger partial charge in [-0.1, -0.05) is 23.2 Å². The maximum atomic E-state index is 10.8. The molecule has 0 heterocycles. The monoisotopic (exact) mass is 233 g/mol. The summed E-state index contributed by atoms with van der Waals surface area (Å²) >= 11 is 11.5. The predicted octanol–water partition coefficient (Wildman–Crippen LogP) is 2.25. The Balaban J connectivity index is 3.25. The standard InChI is InChI=1S/C9H9Cl2NO2/c1-9(12,8(13)14)5-2-6(10)4-7(11)3-5/h2-4H,12H2,1H3,(H,13,14). The molecule has 0 bridgehead atoms. The number of carbonyl (C=O) groups is 1. The van der Waals surface area contributed by atoms with Crippen molar-refractivity contribution < 1.29 is 9.90 Å². The largest absolute Gasteiger partial charge is 0.480 e. The molecular formula is C9H9Cl2NO2. The van der Waals surface area contributed by atoms with E-state index in [0.717, 1.165) is 0 Å². The van der Waals surface area contributed by atoms with Crippen LogP contribution in [-0.2, 0) is 10.3 Å². The van der Waals surface area contributed by atoms with Crippen LogP contribution in [0.25, 0.3) is 0 Å². The highest BCUT2D eigenvalue weighted by Gasteiger charge is 2.30. The van der Waals surface area contributed by atoms with E-state index in [4.69, 9.17) is 34.0 Å². The summed E-state index contributed by atoms with van der Waals surface area (Å²) in [6, 6.07) is 4.49. The van der Waals surface area contributed by atoms with Crippen LogP contribution >= 0.6 is 23.2 Å². The van der Waals surface area contributed by atoms with Crippen molar-refractivity contribution in [2.24, 2.45) is 5.73 Å². The molecule has 3 nitrogen and oxygen atoms in total. The van der Waals surface area contributed by atoms with Crippen molar-refractivity contribution in [3.63, 3.8) is 0 Å². The molecule has 0 amide bonds. The van der Waals surface area contributed by atoms with Crippen molar-refractivity contribution in [3.8, 4) is 0 Å². The number of aliphatic carboxylic acids is 1. The number of hydrogen-bond donors (Lipinski definition) is 2. The number of nitrogens with two attached hydrogens (primary N) is 1. The van der Waals surface area contributed by atoms with E-state index in [0.29, 0.717) is 15.6 Å². The number of carboxylic acid groups (broad SMARTS) is 1. The van der Waals surface area contributed by atoms with Gasteiger partial charge >= 0.3 is 5.97 Å². The van der Waals surface area contributed by atoms with Gasteiger partial charge in [-0.15, -0.1) is 0 Å². The molecule has 3 N–H and O–H groups in total. The van der Waals surface area contributed by atoms with Gasteiger partial charge < -0.3 is 10.8 Å². The van der Waals surface area contributed by atoms with Gasteiger partial charge in [-0.3, -0.25) is 0 Å². The first kappa shape index (κ1) is 11.3. The highest BCUT2D eigenvalue weighted by atomic mass is 35.5. The fourth-order valence-electron chi connectivity index (χ4n) is 0.977. The maximum Gasteiger partial charge on any atom is 0.328 e. The smallest absolute Gasteiger partial charge is 0.328 e. The van der Waals surface area contributed by atoms with E-state index in [2.05, 4.69) is 0 Å². The predicted molar refractivity (Wildman–Crippen MR) is 55.6 cm³/mol. The van der Waals surface area contributed by atoms with Gasteiger partial charge in [0.2, 0.25) is 0 Å². The van der Waals surface area contributed by atoms with Crippen LogP contribution in [0.15, 0.2) is 18.2 Å². The first-order valence-electron chi connectivity index (χ1n) is 3.83. The SMILES string of the molecule is CC(N)(C(=O)O)c1cc(Cl)cc(Cl)c1. The summed E-state index contributed by atoms with van der Waals surface area (Å²) in [5, 5.41) is 9.60. The summed E-state index contributed by atoms with van der Waals surface area (Å²) in [5.41, 5.74) is 4.50. The lowest BCUT2D eigenvalue weighted by Gasteiger charge is -2.20. The Morgan fingerprint density at radius 1 is 1.36 bits per heavy atom. The minimum atomic E-state index is -1.48. The summed E-state index contributed by atoms with van der Waals surface area (Å²) in [7, 11) is 0. The third-order valence-electron chi connectivity index (χ3n) is 1.91. The molecule has 1 rings (SSSR count). The molecule has 0 saturated carbocycles. The molecule has 0 aliphatic carbocycles. The van der Waals surface area contributed by atoms with Crippen LogP contribution in [0.5, 0.6) is 0 Å². The second kappa shape index (κ2) is 3.77. The van der Waals surface area contributed by atoms with Crippen molar-refractivity contribution in [3.05, 3.63) is 33.8 Å². The van der Waals surface area contributed by atoms with Gasteiger partial charge in [0.25, 0.3) is 0 Å². The average molecular weight is 234 g/mol. The van der Waals surface area contributed by atoms with Crippen LogP contribution in [0.3, 0.4) is 0 Å². The zero-order valence-corrected chi connectivity index (χ0v) is 8.93. The Labute approximate surface area is 91.4 Å². The highest BCUT2D eigenvalue weighted by molar-refractivity contribution is 6.34. The van der Waals surface area contributed by atoms with Crippen molar-refractivity contribution in [1.82, 2.24) is 0 Å². The lowest BCUT2D eigenvalue weighted by Crippen LogP contribution is -2.41.